The summed E-state index contributed by atoms with van der Waals surface area (Å²) in [7, 11) is 0. The van der Waals surface area contributed by atoms with Gasteiger partial charge in [-0.1, -0.05) is 45.3 Å². The van der Waals surface area contributed by atoms with Gasteiger partial charge in [-0.05, 0) is 94.5 Å². The second kappa shape index (κ2) is 14.7. The van der Waals surface area contributed by atoms with Gasteiger partial charge in [0.25, 0.3) is 5.91 Å². The molecule has 0 bridgehead atoms. The molecule has 40 heavy (non-hydrogen) atoms. The molecule has 0 saturated carbocycles. The number of hydrogen-bond acceptors (Lipinski definition) is 6. The Bertz CT molecular complexity index is 1400. The summed E-state index contributed by atoms with van der Waals surface area (Å²) in [5.74, 6) is 0.481. The molecular formula is C33H44N2O5. The number of carbonyl (C=O) groups is 1. The van der Waals surface area contributed by atoms with Gasteiger partial charge in [-0.2, -0.15) is 0 Å². The predicted molar refractivity (Wildman–Crippen MR) is 163 cm³/mol. The zero-order valence-corrected chi connectivity index (χ0v) is 24.8. The smallest absolute Gasteiger partial charge is 0.360 e. The second-order valence-corrected chi connectivity index (χ2v) is 10.9. The Labute approximate surface area is 237 Å². The van der Waals surface area contributed by atoms with Crippen molar-refractivity contribution in [2.24, 2.45) is 0 Å². The number of allylic oxidation sites excluding steroid dienone is 2. The first kappa shape index (κ1) is 31.0. The number of phenols is 1. The highest BCUT2D eigenvalue weighted by Gasteiger charge is 2.17. The number of nitrogens with one attached hydrogen (secondary N) is 2. The number of anilines is 1. The van der Waals surface area contributed by atoms with Crippen molar-refractivity contribution < 1.29 is 19.1 Å². The highest BCUT2D eigenvalue weighted by molar-refractivity contribution is 6.05. The molecule has 0 spiro atoms. The third kappa shape index (κ3) is 8.46. The summed E-state index contributed by atoms with van der Waals surface area (Å²) in [5.41, 5.74) is 3.57. The van der Waals surface area contributed by atoms with Gasteiger partial charge in [0.1, 0.15) is 22.8 Å². The molecule has 0 aliphatic rings. The Kier molecular flexibility index (Phi) is 11.4. The lowest BCUT2D eigenvalue weighted by atomic mass is 9.97. The van der Waals surface area contributed by atoms with Crippen LogP contribution in [0.2, 0.25) is 0 Å². The van der Waals surface area contributed by atoms with Crippen LogP contribution < -0.4 is 21.0 Å². The molecule has 7 nitrogen and oxygen atoms in total. The van der Waals surface area contributed by atoms with Crippen molar-refractivity contribution in [3.63, 3.8) is 0 Å². The largest absolute Gasteiger partial charge is 0.507 e. The third-order valence-electron chi connectivity index (χ3n) is 6.79. The molecule has 3 N–H and O–H groups in total. The van der Waals surface area contributed by atoms with Gasteiger partial charge in [0, 0.05) is 22.6 Å². The number of hydrogen-bond donors (Lipinski definition) is 3. The number of rotatable bonds is 14. The summed E-state index contributed by atoms with van der Waals surface area (Å²) in [5, 5.41) is 17.7. The van der Waals surface area contributed by atoms with E-state index in [9.17, 15) is 14.7 Å². The Balaban J connectivity index is 1.83. The van der Waals surface area contributed by atoms with Crippen molar-refractivity contribution >= 4 is 22.6 Å². The topological polar surface area (TPSA) is 101 Å². The molecule has 0 atom stereocenters. The molecular weight excluding hydrogens is 504 g/mol. The van der Waals surface area contributed by atoms with E-state index in [1.54, 1.807) is 18.2 Å². The Hall–Kier alpha value is -3.58. The number of fused-ring (bicyclic) bond motifs is 1. The number of benzene rings is 2. The monoisotopic (exact) mass is 548 g/mol. The van der Waals surface area contributed by atoms with Gasteiger partial charge in [0.05, 0.1) is 6.61 Å². The summed E-state index contributed by atoms with van der Waals surface area (Å²) in [6, 6.07) is 9.16. The van der Waals surface area contributed by atoms with Crippen molar-refractivity contribution in [2.75, 3.05) is 18.5 Å². The van der Waals surface area contributed by atoms with Gasteiger partial charge in [0.15, 0.2) is 0 Å². The molecule has 1 amide bonds. The van der Waals surface area contributed by atoms with Gasteiger partial charge in [-0.15, -0.1) is 0 Å². The lowest BCUT2D eigenvalue weighted by molar-refractivity contribution is 0.102. The molecule has 0 saturated heterocycles. The minimum atomic E-state index is -0.631. The number of unbranched alkanes of at least 4 members (excludes halogenated alkanes) is 2. The van der Waals surface area contributed by atoms with Crippen LogP contribution in [0.25, 0.3) is 11.0 Å². The SMILES string of the molecule is CCCCCc1cc(C(=O)Nc2cc3ccc(OCCCNC(C)C)c(C)c3oc2=O)cc(CC=C(C)C)c1O. The van der Waals surface area contributed by atoms with E-state index in [-0.39, 0.29) is 11.4 Å². The zero-order chi connectivity index (χ0) is 29.2. The van der Waals surface area contributed by atoms with Crippen LogP contribution in [0.3, 0.4) is 0 Å². The van der Waals surface area contributed by atoms with Crippen LogP contribution in [0.4, 0.5) is 5.69 Å². The maximum Gasteiger partial charge on any atom is 0.360 e. The molecule has 7 heteroatoms. The maximum absolute atomic E-state index is 13.3. The van der Waals surface area contributed by atoms with E-state index in [1.807, 2.05) is 39.0 Å². The molecule has 1 aromatic heterocycles. The van der Waals surface area contributed by atoms with Crippen LogP contribution in [0.5, 0.6) is 11.5 Å². The van der Waals surface area contributed by atoms with Crippen LogP contribution in [0.15, 0.2) is 51.2 Å². The van der Waals surface area contributed by atoms with Gasteiger partial charge in [0.2, 0.25) is 0 Å². The van der Waals surface area contributed by atoms with Crippen LogP contribution in [0.1, 0.15) is 87.4 Å². The summed E-state index contributed by atoms with van der Waals surface area (Å²) in [6.45, 7) is 13.6. The molecule has 3 aromatic rings. The van der Waals surface area contributed by atoms with Crippen LogP contribution in [-0.2, 0) is 12.8 Å². The number of phenolic OH excluding ortho intramolecular Hbond substituents is 1. The van der Waals surface area contributed by atoms with Crippen molar-refractivity contribution in [3.05, 3.63) is 74.7 Å². The fourth-order valence-electron chi connectivity index (χ4n) is 4.51. The molecule has 0 radical (unpaired) electrons. The fourth-order valence-corrected chi connectivity index (χ4v) is 4.51. The van der Waals surface area contributed by atoms with E-state index < -0.39 is 11.5 Å². The Morgan fingerprint density at radius 1 is 1.10 bits per heavy atom. The van der Waals surface area contributed by atoms with Gasteiger partial charge in [-0.3, -0.25) is 4.79 Å². The molecule has 0 aliphatic carbocycles. The number of carbonyl (C=O) groups excluding carboxylic acids is 1. The first-order valence-electron chi connectivity index (χ1n) is 14.3. The van der Waals surface area contributed by atoms with E-state index >= 15 is 0 Å². The van der Waals surface area contributed by atoms with Gasteiger partial charge >= 0.3 is 5.63 Å². The summed E-state index contributed by atoms with van der Waals surface area (Å²) in [6.07, 6.45) is 7.10. The van der Waals surface area contributed by atoms with Crippen molar-refractivity contribution in [1.29, 1.82) is 0 Å². The molecule has 3 rings (SSSR count). The maximum atomic E-state index is 13.3. The normalized spacial score (nSPS) is 11.2. The minimum Gasteiger partial charge on any atom is -0.507 e. The third-order valence-corrected chi connectivity index (χ3v) is 6.79. The van der Waals surface area contributed by atoms with E-state index in [1.165, 1.54) is 0 Å². The summed E-state index contributed by atoms with van der Waals surface area (Å²) >= 11 is 0. The average molecular weight is 549 g/mol. The van der Waals surface area contributed by atoms with Gasteiger partial charge in [-0.25, -0.2) is 4.79 Å². The van der Waals surface area contributed by atoms with E-state index in [0.717, 1.165) is 48.9 Å². The molecule has 1 heterocycles. The molecule has 0 aliphatic heterocycles. The lowest BCUT2D eigenvalue weighted by Crippen LogP contribution is -2.24. The zero-order valence-electron chi connectivity index (χ0n) is 24.8. The van der Waals surface area contributed by atoms with Crippen LogP contribution in [-0.4, -0.2) is 30.2 Å². The quantitative estimate of drug-likeness (QED) is 0.113. The number of aromatic hydroxyl groups is 1. The summed E-state index contributed by atoms with van der Waals surface area (Å²) in [4.78, 5) is 26.2. The lowest BCUT2D eigenvalue weighted by Gasteiger charge is -2.14. The van der Waals surface area contributed by atoms with Crippen LogP contribution >= 0.6 is 0 Å². The highest BCUT2D eigenvalue weighted by atomic mass is 16.5. The molecule has 0 unspecified atom stereocenters. The highest BCUT2D eigenvalue weighted by Crippen LogP contribution is 2.30. The van der Waals surface area contributed by atoms with Crippen molar-refractivity contribution in [1.82, 2.24) is 5.32 Å². The predicted octanol–water partition coefficient (Wildman–Crippen LogP) is 7.07. The van der Waals surface area contributed by atoms with Crippen molar-refractivity contribution in [3.8, 4) is 11.5 Å². The average Bonchev–Trinajstić information content (AvgIpc) is 2.90. The minimum absolute atomic E-state index is 0.0665. The number of aryl methyl sites for hydroxylation is 2. The standard InChI is InChI=1S/C33H44N2O5/c1-7-8-9-11-24-18-27(19-25(30(24)36)13-12-21(2)3)32(37)35-28-20-26-14-15-29(23(6)31(26)40-33(28)38)39-17-10-16-34-22(4)5/h12,14-15,18-20,22,34,36H,7-11,13,16-17H2,1-6H3,(H,35,37). The van der Waals surface area contributed by atoms with E-state index in [4.69, 9.17) is 9.15 Å². The molecule has 216 valence electrons. The second-order valence-electron chi connectivity index (χ2n) is 10.9. The first-order chi connectivity index (χ1) is 19.1. The van der Waals surface area contributed by atoms with E-state index in [2.05, 4.69) is 31.4 Å². The summed E-state index contributed by atoms with van der Waals surface area (Å²) < 4.78 is 11.6. The molecule has 0 fully saturated rings. The fraction of sp³-hybridized carbons (Fsp3) is 0.455. The Morgan fingerprint density at radius 3 is 2.55 bits per heavy atom. The van der Waals surface area contributed by atoms with Gasteiger partial charge < -0.3 is 24.9 Å². The number of amides is 1. The van der Waals surface area contributed by atoms with E-state index in [0.29, 0.717) is 53.3 Å². The number of ether oxygens (including phenoxy) is 1. The molecule has 2 aromatic carbocycles. The van der Waals surface area contributed by atoms with Crippen LogP contribution in [0, 0.1) is 6.92 Å². The van der Waals surface area contributed by atoms with Crippen molar-refractivity contribution in [2.45, 2.75) is 86.1 Å². The first-order valence-corrected chi connectivity index (χ1v) is 14.3. The Morgan fingerprint density at radius 2 is 1.85 bits per heavy atom.